The summed E-state index contributed by atoms with van der Waals surface area (Å²) in [5, 5.41) is 13.4. The van der Waals surface area contributed by atoms with Gasteiger partial charge in [0.05, 0.1) is 9.95 Å². The molecule has 2 rings (SSSR count). The van der Waals surface area contributed by atoms with Crippen LogP contribution in [-0.4, -0.2) is 16.7 Å². The molecule has 0 saturated carbocycles. The molecular formula is C12H11ClN2O4. The molecule has 1 unspecified atom stereocenters. The number of benzene rings is 1. The highest BCUT2D eigenvalue weighted by Crippen LogP contribution is 2.30. The van der Waals surface area contributed by atoms with Crippen molar-refractivity contribution in [1.29, 1.82) is 0 Å². The summed E-state index contributed by atoms with van der Waals surface area (Å²) in [5.74, 6) is -1.17. The highest BCUT2D eigenvalue weighted by atomic mass is 35.5. The van der Waals surface area contributed by atoms with Gasteiger partial charge in [-0.15, -0.1) is 0 Å². The number of nitrogens with zero attached hydrogens (tertiary/aromatic N) is 1. The lowest BCUT2D eigenvalue weighted by Gasteiger charge is -2.20. The number of nitro benzene ring substituents is 1. The zero-order chi connectivity index (χ0) is 14.0. The molecule has 0 bridgehead atoms. The average molecular weight is 283 g/mol. The van der Waals surface area contributed by atoms with Gasteiger partial charge in [0.15, 0.2) is 0 Å². The summed E-state index contributed by atoms with van der Waals surface area (Å²) in [6, 6.07) is 4.40. The molecule has 2 amide bonds. The standard InChI is InChI=1S/C12H11ClN2O4/c13-9-2-1-3-10(15(18)19)8(9)6-7-4-5-11(16)14-12(7)17/h1-3,7H,4-6H2,(H,14,16,17). The molecule has 100 valence electrons. The molecule has 1 heterocycles. The van der Waals surface area contributed by atoms with Gasteiger partial charge in [-0.25, -0.2) is 0 Å². The van der Waals surface area contributed by atoms with Crippen LogP contribution in [0, 0.1) is 16.0 Å². The smallest absolute Gasteiger partial charge is 0.274 e. The van der Waals surface area contributed by atoms with Crippen LogP contribution in [0.25, 0.3) is 0 Å². The normalized spacial score (nSPS) is 19.1. The van der Waals surface area contributed by atoms with Gasteiger partial charge < -0.3 is 0 Å². The number of piperidine rings is 1. The van der Waals surface area contributed by atoms with Gasteiger partial charge in [-0.2, -0.15) is 0 Å². The van der Waals surface area contributed by atoms with E-state index in [0.717, 1.165) is 0 Å². The van der Waals surface area contributed by atoms with E-state index in [1.54, 1.807) is 6.07 Å². The quantitative estimate of drug-likeness (QED) is 0.520. The van der Waals surface area contributed by atoms with Crippen LogP contribution in [0.3, 0.4) is 0 Å². The Labute approximate surface area is 113 Å². The largest absolute Gasteiger partial charge is 0.296 e. The number of amides is 2. The number of nitro groups is 1. The fraction of sp³-hybridized carbons (Fsp3) is 0.333. The molecule has 1 fully saturated rings. The predicted molar refractivity (Wildman–Crippen MR) is 67.7 cm³/mol. The van der Waals surface area contributed by atoms with Crippen LogP contribution in [-0.2, 0) is 16.0 Å². The molecular weight excluding hydrogens is 272 g/mol. The van der Waals surface area contributed by atoms with Crippen molar-refractivity contribution >= 4 is 29.1 Å². The SMILES string of the molecule is O=C1CCC(Cc2c(Cl)cccc2[N+](=O)[O-])C(=O)N1. The maximum atomic E-state index is 11.7. The minimum atomic E-state index is -0.521. The van der Waals surface area contributed by atoms with Crippen LogP contribution in [0.4, 0.5) is 5.69 Å². The third kappa shape index (κ3) is 2.90. The molecule has 0 aliphatic carbocycles. The van der Waals surface area contributed by atoms with Crippen molar-refractivity contribution in [2.45, 2.75) is 19.3 Å². The number of imide groups is 1. The molecule has 1 aromatic rings. The Morgan fingerprint density at radius 3 is 2.79 bits per heavy atom. The fourth-order valence-electron chi connectivity index (χ4n) is 2.10. The lowest BCUT2D eigenvalue weighted by atomic mass is 9.90. The van der Waals surface area contributed by atoms with Gasteiger partial charge in [-0.3, -0.25) is 25.0 Å². The molecule has 7 heteroatoms. The first kappa shape index (κ1) is 13.5. The molecule has 6 nitrogen and oxygen atoms in total. The van der Waals surface area contributed by atoms with Crippen LogP contribution in [0.5, 0.6) is 0 Å². The Balaban J connectivity index is 2.26. The van der Waals surface area contributed by atoms with Crippen LogP contribution in [0.2, 0.25) is 5.02 Å². The van der Waals surface area contributed by atoms with Crippen molar-refractivity contribution in [3.8, 4) is 0 Å². The Morgan fingerprint density at radius 1 is 1.42 bits per heavy atom. The second kappa shape index (κ2) is 5.36. The molecule has 0 spiro atoms. The molecule has 1 N–H and O–H groups in total. The number of carbonyl (C=O) groups is 2. The van der Waals surface area contributed by atoms with Gasteiger partial charge >= 0.3 is 0 Å². The van der Waals surface area contributed by atoms with Crippen LogP contribution >= 0.6 is 11.6 Å². The first-order chi connectivity index (χ1) is 8.99. The van der Waals surface area contributed by atoms with E-state index in [-0.39, 0.29) is 29.5 Å². The number of halogens is 1. The lowest BCUT2D eigenvalue weighted by Crippen LogP contribution is -2.41. The first-order valence-electron chi connectivity index (χ1n) is 5.74. The van der Waals surface area contributed by atoms with E-state index in [9.17, 15) is 19.7 Å². The van der Waals surface area contributed by atoms with Crippen molar-refractivity contribution in [1.82, 2.24) is 5.32 Å². The Bertz CT molecular complexity index is 559. The molecule has 1 saturated heterocycles. The lowest BCUT2D eigenvalue weighted by molar-refractivity contribution is -0.385. The maximum absolute atomic E-state index is 11.7. The monoisotopic (exact) mass is 282 g/mol. The zero-order valence-electron chi connectivity index (χ0n) is 9.89. The molecule has 1 aromatic carbocycles. The third-order valence-corrected chi connectivity index (χ3v) is 3.45. The van der Waals surface area contributed by atoms with Gasteiger partial charge in [-0.1, -0.05) is 17.7 Å². The first-order valence-corrected chi connectivity index (χ1v) is 6.12. The highest BCUT2D eigenvalue weighted by molar-refractivity contribution is 6.31. The van der Waals surface area contributed by atoms with Crippen molar-refractivity contribution in [2.75, 3.05) is 0 Å². The molecule has 1 atom stereocenters. The van der Waals surface area contributed by atoms with Gasteiger partial charge in [0.1, 0.15) is 0 Å². The van der Waals surface area contributed by atoms with Gasteiger partial charge in [-0.05, 0) is 18.9 Å². The van der Waals surface area contributed by atoms with Gasteiger partial charge in [0.2, 0.25) is 11.8 Å². The summed E-state index contributed by atoms with van der Waals surface area (Å²) in [6.45, 7) is 0. The number of nitrogens with one attached hydrogen (secondary N) is 1. The van der Waals surface area contributed by atoms with Crippen LogP contribution in [0.15, 0.2) is 18.2 Å². The van der Waals surface area contributed by atoms with Crippen molar-refractivity contribution < 1.29 is 14.5 Å². The summed E-state index contributed by atoms with van der Waals surface area (Å²) in [4.78, 5) is 33.1. The molecule has 0 aromatic heterocycles. The van der Waals surface area contributed by atoms with Crippen LogP contribution in [0.1, 0.15) is 18.4 Å². The fourth-order valence-corrected chi connectivity index (χ4v) is 2.35. The van der Waals surface area contributed by atoms with Crippen molar-refractivity contribution in [3.05, 3.63) is 38.9 Å². The topological polar surface area (TPSA) is 89.3 Å². The third-order valence-electron chi connectivity index (χ3n) is 3.09. The zero-order valence-corrected chi connectivity index (χ0v) is 10.6. The summed E-state index contributed by atoms with van der Waals surface area (Å²) in [5.41, 5.74) is 0.237. The molecule has 19 heavy (non-hydrogen) atoms. The number of hydrogen-bond donors (Lipinski definition) is 1. The molecule has 0 radical (unpaired) electrons. The van der Waals surface area contributed by atoms with Gasteiger partial charge in [0.25, 0.3) is 5.69 Å². The van der Waals surface area contributed by atoms with E-state index in [1.807, 2.05) is 0 Å². The Morgan fingerprint density at radius 2 is 2.16 bits per heavy atom. The maximum Gasteiger partial charge on any atom is 0.274 e. The summed E-state index contributed by atoms with van der Waals surface area (Å²) >= 11 is 5.97. The van der Waals surface area contributed by atoms with Crippen molar-refractivity contribution in [3.63, 3.8) is 0 Å². The van der Waals surface area contributed by atoms with E-state index >= 15 is 0 Å². The minimum Gasteiger partial charge on any atom is -0.296 e. The van der Waals surface area contributed by atoms with E-state index in [0.29, 0.717) is 12.0 Å². The van der Waals surface area contributed by atoms with Crippen molar-refractivity contribution in [2.24, 2.45) is 5.92 Å². The Kier molecular flexibility index (Phi) is 3.80. The van der Waals surface area contributed by atoms with E-state index in [4.69, 9.17) is 11.6 Å². The summed E-state index contributed by atoms with van der Waals surface area (Å²) in [6.07, 6.45) is 0.788. The molecule has 1 aliphatic heterocycles. The van der Waals surface area contributed by atoms with E-state index in [1.165, 1.54) is 12.1 Å². The van der Waals surface area contributed by atoms with Gasteiger partial charge in [0, 0.05) is 24.0 Å². The number of rotatable bonds is 3. The number of hydrogen-bond acceptors (Lipinski definition) is 4. The summed E-state index contributed by atoms with van der Waals surface area (Å²) in [7, 11) is 0. The highest BCUT2D eigenvalue weighted by Gasteiger charge is 2.29. The van der Waals surface area contributed by atoms with E-state index < -0.39 is 16.7 Å². The second-order valence-corrected chi connectivity index (χ2v) is 4.75. The minimum absolute atomic E-state index is 0.0998. The Hall–Kier alpha value is -1.95. The van der Waals surface area contributed by atoms with Crippen LogP contribution < -0.4 is 5.32 Å². The predicted octanol–water partition coefficient (Wildman–Crippen LogP) is 1.84. The van der Waals surface area contributed by atoms with E-state index in [2.05, 4.69) is 5.32 Å². The average Bonchev–Trinajstić information content (AvgIpc) is 2.34. The summed E-state index contributed by atoms with van der Waals surface area (Å²) < 4.78 is 0. The molecule has 1 aliphatic rings. The second-order valence-electron chi connectivity index (χ2n) is 4.35. The number of carbonyl (C=O) groups excluding carboxylic acids is 2.